The van der Waals surface area contributed by atoms with Gasteiger partial charge < -0.3 is 15.7 Å². The zero-order chi connectivity index (χ0) is 27.6. The molecule has 0 radical (unpaired) electrons. The minimum Gasteiger partial charge on any atom is -0.481 e. The summed E-state index contributed by atoms with van der Waals surface area (Å²) in [6, 6.07) is 12.9. The van der Waals surface area contributed by atoms with Crippen molar-refractivity contribution in [2.75, 3.05) is 6.54 Å². The Morgan fingerprint density at radius 3 is 2.22 bits per heavy atom. The molecule has 1 atom stereocenters. The SMILES string of the molecule is CC.CCCCC(=O)NCC(=O)NC(CC(=O)O)c1ccc(-c2ccsc2)cc1.Cc1ccnc(C)c1. The predicted octanol–water partition coefficient (Wildman–Crippen LogP) is 6.08. The highest BCUT2D eigenvalue weighted by atomic mass is 32.1. The third-order valence-electron chi connectivity index (χ3n) is 5.14. The standard InChI is InChI=1S/C20H24N2O4S.C7H9N.C2H6/c1-2-3-4-18(23)21-12-19(24)22-17(11-20(25)26)15-7-5-14(6-8-15)16-9-10-27-13-16;1-6-3-4-8-7(2)5-6;1-2/h5-10,13,17H,2-4,11-12H2,1H3,(H,21,23)(H,22,24)(H,25,26);3-5H,1-2H3;1-2H3. The van der Waals surface area contributed by atoms with Crippen LogP contribution in [0.25, 0.3) is 11.1 Å². The molecule has 1 aromatic carbocycles. The summed E-state index contributed by atoms with van der Waals surface area (Å²) in [5.74, 6) is -1.59. The minimum absolute atomic E-state index is 0.161. The number of carboxylic acid groups (broad SMARTS) is 1. The van der Waals surface area contributed by atoms with Crippen LogP contribution >= 0.6 is 11.3 Å². The van der Waals surface area contributed by atoms with Crippen LogP contribution in [0.1, 0.15) is 69.3 Å². The van der Waals surface area contributed by atoms with Gasteiger partial charge in [0.15, 0.2) is 0 Å². The van der Waals surface area contributed by atoms with E-state index in [0.717, 1.165) is 29.7 Å². The molecule has 3 aromatic rings. The molecular formula is C29H39N3O4S. The van der Waals surface area contributed by atoms with Crippen molar-refractivity contribution in [1.82, 2.24) is 15.6 Å². The van der Waals surface area contributed by atoms with Crippen LogP contribution in [0.2, 0.25) is 0 Å². The van der Waals surface area contributed by atoms with Crippen LogP contribution in [0.5, 0.6) is 0 Å². The van der Waals surface area contributed by atoms with Gasteiger partial charge in [-0.1, -0.05) is 51.5 Å². The van der Waals surface area contributed by atoms with E-state index in [4.69, 9.17) is 5.11 Å². The summed E-state index contributed by atoms with van der Waals surface area (Å²) in [5, 5.41) is 18.4. The number of hydrogen-bond acceptors (Lipinski definition) is 5. The average Bonchev–Trinajstić information content (AvgIpc) is 3.42. The molecule has 8 heteroatoms. The quantitative estimate of drug-likeness (QED) is 0.297. The molecule has 0 spiro atoms. The Kier molecular flexibility index (Phi) is 15.2. The summed E-state index contributed by atoms with van der Waals surface area (Å²) >= 11 is 1.61. The lowest BCUT2D eigenvalue weighted by atomic mass is 10.00. The van der Waals surface area contributed by atoms with Gasteiger partial charge in [0, 0.05) is 18.3 Å². The van der Waals surface area contributed by atoms with Gasteiger partial charge in [0.05, 0.1) is 19.0 Å². The number of unbranched alkanes of at least 4 members (excludes halogenated alkanes) is 1. The lowest BCUT2D eigenvalue weighted by Crippen LogP contribution is -2.39. The number of thiophene rings is 1. The number of nitrogens with one attached hydrogen (secondary N) is 2. The summed E-state index contributed by atoms with van der Waals surface area (Å²) < 4.78 is 0. The summed E-state index contributed by atoms with van der Waals surface area (Å²) in [4.78, 5) is 39.0. The van der Waals surface area contributed by atoms with E-state index in [0.29, 0.717) is 12.0 Å². The normalized spacial score (nSPS) is 10.6. The highest BCUT2D eigenvalue weighted by Gasteiger charge is 2.18. The molecule has 0 fully saturated rings. The second-order valence-corrected chi connectivity index (χ2v) is 8.99. The van der Waals surface area contributed by atoms with Gasteiger partial charge in [0.25, 0.3) is 0 Å². The number of aryl methyl sites for hydroxylation is 2. The monoisotopic (exact) mass is 525 g/mol. The second-order valence-electron chi connectivity index (χ2n) is 8.21. The molecule has 37 heavy (non-hydrogen) atoms. The van der Waals surface area contributed by atoms with Gasteiger partial charge in [0.2, 0.25) is 11.8 Å². The van der Waals surface area contributed by atoms with Crippen LogP contribution in [-0.2, 0) is 14.4 Å². The largest absolute Gasteiger partial charge is 0.481 e. The van der Waals surface area contributed by atoms with Gasteiger partial charge in [-0.3, -0.25) is 19.4 Å². The number of aliphatic carboxylic acids is 1. The van der Waals surface area contributed by atoms with Crippen LogP contribution < -0.4 is 10.6 Å². The Balaban J connectivity index is 0.000000574. The average molecular weight is 526 g/mol. The zero-order valence-corrected chi connectivity index (χ0v) is 23.2. The molecule has 1 unspecified atom stereocenters. The first-order valence-electron chi connectivity index (χ1n) is 12.6. The number of nitrogens with zero attached hydrogens (tertiary/aromatic N) is 1. The Labute approximate surface area is 224 Å². The summed E-state index contributed by atoms with van der Waals surface area (Å²) in [6.07, 6.45) is 3.65. The van der Waals surface area contributed by atoms with Crippen LogP contribution in [0, 0.1) is 13.8 Å². The first-order chi connectivity index (χ1) is 17.8. The molecular weight excluding hydrogens is 486 g/mol. The van der Waals surface area contributed by atoms with Crippen LogP contribution in [-0.4, -0.2) is 34.4 Å². The molecule has 2 heterocycles. The molecule has 3 N–H and O–H groups in total. The van der Waals surface area contributed by atoms with E-state index in [1.54, 1.807) is 11.3 Å². The topological polar surface area (TPSA) is 108 Å². The van der Waals surface area contributed by atoms with Crippen molar-refractivity contribution >= 4 is 29.1 Å². The van der Waals surface area contributed by atoms with E-state index in [1.807, 2.05) is 81.1 Å². The maximum absolute atomic E-state index is 12.1. The van der Waals surface area contributed by atoms with Crippen molar-refractivity contribution in [3.05, 3.63) is 76.2 Å². The van der Waals surface area contributed by atoms with Gasteiger partial charge in [0.1, 0.15) is 0 Å². The van der Waals surface area contributed by atoms with Gasteiger partial charge in [-0.15, -0.1) is 0 Å². The number of rotatable bonds is 10. The molecule has 7 nitrogen and oxygen atoms in total. The van der Waals surface area contributed by atoms with Crippen molar-refractivity contribution in [2.24, 2.45) is 0 Å². The maximum atomic E-state index is 12.1. The number of pyridine rings is 1. The molecule has 0 saturated carbocycles. The van der Waals surface area contributed by atoms with E-state index in [1.165, 1.54) is 5.56 Å². The van der Waals surface area contributed by atoms with Gasteiger partial charge in [-0.2, -0.15) is 11.3 Å². The van der Waals surface area contributed by atoms with E-state index >= 15 is 0 Å². The molecule has 2 aromatic heterocycles. The first kappa shape index (κ1) is 31.5. The third-order valence-corrected chi connectivity index (χ3v) is 5.82. The molecule has 0 aliphatic heterocycles. The van der Waals surface area contributed by atoms with Crippen molar-refractivity contribution < 1.29 is 19.5 Å². The number of hydrogen-bond donors (Lipinski definition) is 3. The van der Waals surface area contributed by atoms with E-state index in [-0.39, 0.29) is 18.9 Å². The minimum atomic E-state index is -1.01. The first-order valence-corrected chi connectivity index (χ1v) is 13.5. The molecule has 2 amide bonds. The maximum Gasteiger partial charge on any atom is 0.305 e. The highest BCUT2D eigenvalue weighted by molar-refractivity contribution is 7.08. The fraction of sp³-hybridized carbons (Fsp3) is 0.379. The predicted molar refractivity (Wildman–Crippen MR) is 150 cm³/mol. The summed E-state index contributed by atoms with van der Waals surface area (Å²) in [6.45, 7) is 9.88. The van der Waals surface area contributed by atoms with Crippen molar-refractivity contribution in [3.63, 3.8) is 0 Å². The fourth-order valence-corrected chi connectivity index (χ4v) is 3.97. The summed E-state index contributed by atoms with van der Waals surface area (Å²) in [7, 11) is 0. The zero-order valence-electron chi connectivity index (χ0n) is 22.4. The third kappa shape index (κ3) is 12.8. The Morgan fingerprint density at radius 1 is 1.00 bits per heavy atom. The smallest absolute Gasteiger partial charge is 0.305 e. The Hall–Kier alpha value is -3.52. The highest BCUT2D eigenvalue weighted by Crippen LogP contribution is 2.25. The molecule has 0 aliphatic rings. The molecule has 0 aliphatic carbocycles. The number of carbonyl (C=O) groups is 3. The Bertz CT molecular complexity index is 1070. The van der Waals surface area contributed by atoms with Crippen LogP contribution in [0.3, 0.4) is 0 Å². The van der Waals surface area contributed by atoms with Crippen LogP contribution in [0.15, 0.2) is 59.4 Å². The van der Waals surface area contributed by atoms with Crippen molar-refractivity contribution in [3.8, 4) is 11.1 Å². The summed E-state index contributed by atoms with van der Waals surface area (Å²) in [5.41, 5.74) is 5.20. The van der Waals surface area contributed by atoms with Crippen molar-refractivity contribution in [2.45, 2.75) is 66.3 Å². The van der Waals surface area contributed by atoms with Crippen molar-refractivity contribution in [1.29, 1.82) is 0 Å². The lowest BCUT2D eigenvalue weighted by molar-refractivity contribution is -0.138. The Morgan fingerprint density at radius 2 is 1.70 bits per heavy atom. The number of carbonyl (C=O) groups excluding carboxylic acids is 2. The molecule has 3 rings (SSSR count). The fourth-order valence-electron chi connectivity index (χ4n) is 3.30. The van der Waals surface area contributed by atoms with Crippen LogP contribution in [0.4, 0.5) is 0 Å². The number of benzene rings is 1. The van der Waals surface area contributed by atoms with Gasteiger partial charge in [-0.05, 0) is 71.5 Å². The van der Waals surface area contributed by atoms with E-state index in [2.05, 4.69) is 28.6 Å². The molecule has 0 saturated heterocycles. The van der Waals surface area contributed by atoms with Gasteiger partial charge >= 0.3 is 5.97 Å². The van der Waals surface area contributed by atoms with Gasteiger partial charge in [-0.25, -0.2) is 0 Å². The second kappa shape index (κ2) is 17.8. The lowest BCUT2D eigenvalue weighted by Gasteiger charge is -2.18. The number of aromatic nitrogens is 1. The number of carboxylic acids is 1. The molecule has 200 valence electrons. The van der Waals surface area contributed by atoms with E-state index in [9.17, 15) is 14.4 Å². The van der Waals surface area contributed by atoms with E-state index < -0.39 is 17.9 Å². The molecule has 0 bridgehead atoms. The number of amides is 2.